The van der Waals surface area contributed by atoms with Gasteiger partial charge in [0.25, 0.3) is 5.91 Å². The van der Waals surface area contributed by atoms with Crippen molar-refractivity contribution in [1.82, 2.24) is 10.2 Å². The summed E-state index contributed by atoms with van der Waals surface area (Å²) in [6.45, 7) is 7.62. The number of amides is 2. The molecule has 0 fully saturated rings. The maximum atomic E-state index is 12.5. The smallest absolute Gasteiger partial charge is 0.251 e. The predicted molar refractivity (Wildman–Crippen MR) is 105 cm³/mol. The Labute approximate surface area is 160 Å². The monoisotopic (exact) mass is 375 g/mol. The number of hydrogen-bond donors (Lipinski definition) is 1. The number of nitrogens with one attached hydrogen (secondary N) is 1. The van der Waals surface area contributed by atoms with Gasteiger partial charge in [0.1, 0.15) is 12.4 Å². The average molecular weight is 375 g/mol. The van der Waals surface area contributed by atoms with Crippen LogP contribution < -0.4 is 15.0 Å². The van der Waals surface area contributed by atoms with Crippen LogP contribution in [0.4, 0.5) is 5.69 Å². The van der Waals surface area contributed by atoms with Gasteiger partial charge in [-0.2, -0.15) is 0 Å². The number of benzene rings is 1. The Morgan fingerprint density at radius 2 is 2.19 bits per heavy atom. The first kappa shape index (κ1) is 20.8. The number of likely N-dealkylation sites (N-methyl/N-ethyl adjacent to an activating group) is 2. The van der Waals surface area contributed by atoms with Gasteiger partial charge in [-0.05, 0) is 25.1 Å². The molecule has 148 valence electrons. The van der Waals surface area contributed by atoms with E-state index in [1.807, 2.05) is 18.9 Å². The number of nitrogens with zero attached hydrogens (tertiary/aromatic N) is 2. The molecule has 1 atom stereocenters. The van der Waals surface area contributed by atoms with Crippen LogP contribution >= 0.6 is 0 Å². The number of rotatable bonds is 8. The van der Waals surface area contributed by atoms with E-state index in [1.54, 1.807) is 37.3 Å². The molecule has 0 bridgehead atoms. The summed E-state index contributed by atoms with van der Waals surface area (Å²) in [5, 5.41) is 2.81. The largest absolute Gasteiger partial charge is 0.489 e. The van der Waals surface area contributed by atoms with Crippen LogP contribution in [0.1, 0.15) is 23.7 Å². The van der Waals surface area contributed by atoms with E-state index in [0.29, 0.717) is 44.0 Å². The lowest BCUT2D eigenvalue weighted by atomic mass is 10.1. The van der Waals surface area contributed by atoms with Gasteiger partial charge in [0.05, 0.1) is 24.8 Å². The zero-order valence-electron chi connectivity index (χ0n) is 16.6. The van der Waals surface area contributed by atoms with Crippen molar-refractivity contribution in [2.24, 2.45) is 0 Å². The molecule has 0 spiro atoms. The second kappa shape index (κ2) is 9.41. The molecule has 1 heterocycles. The van der Waals surface area contributed by atoms with Crippen LogP contribution in [-0.4, -0.2) is 70.3 Å². The molecule has 1 aromatic rings. The number of hydrogen-bond acceptors (Lipinski definition) is 5. The number of anilines is 1. The zero-order chi connectivity index (χ0) is 20.0. The van der Waals surface area contributed by atoms with Crippen LogP contribution in [0, 0.1) is 0 Å². The average Bonchev–Trinajstić information content (AvgIpc) is 2.63. The molecular weight excluding hydrogens is 346 g/mol. The van der Waals surface area contributed by atoms with E-state index < -0.39 is 0 Å². The van der Waals surface area contributed by atoms with Gasteiger partial charge in [0.15, 0.2) is 0 Å². The van der Waals surface area contributed by atoms with Gasteiger partial charge in [0.2, 0.25) is 5.91 Å². The van der Waals surface area contributed by atoms with Crippen LogP contribution in [0.15, 0.2) is 30.4 Å². The van der Waals surface area contributed by atoms with Crippen molar-refractivity contribution in [2.45, 2.75) is 19.4 Å². The Kier molecular flexibility index (Phi) is 7.24. The Morgan fingerprint density at radius 3 is 2.85 bits per heavy atom. The molecule has 27 heavy (non-hydrogen) atoms. The lowest BCUT2D eigenvalue weighted by Crippen LogP contribution is -2.44. The molecule has 0 saturated carbocycles. The SMILES string of the molecule is C=C(C)CN(C)C(=O)CC1COc2ccc(C(=O)NCCOC)cc2N1C. The summed E-state index contributed by atoms with van der Waals surface area (Å²) in [5.41, 5.74) is 2.29. The summed E-state index contributed by atoms with van der Waals surface area (Å²) in [7, 11) is 5.29. The highest BCUT2D eigenvalue weighted by atomic mass is 16.5. The summed E-state index contributed by atoms with van der Waals surface area (Å²) in [5.74, 6) is 0.586. The highest BCUT2D eigenvalue weighted by Crippen LogP contribution is 2.34. The fourth-order valence-corrected chi connectivity index (χ4v) is 2.97. The second-order valence-corrected chi connectivity index (χ2v) is 6.92. The van der Waals surface area contributed by atoms with Gasteiger partial charge in [-0.15, -0.1) is 0 Å². The van der Waals surface area contributed by atoms with E-state index in [2.05, 4.69) is 11.9 Å². The normalized spacial score (nSPS) is 15.6. The number of methoxy groups -OCH3 is 1. The number of carbonyl (C=O) groups is 2. The molecule has 2 amide bonds. The van der Waals surface area contributed by atoms with E-state index in [0.717, 1.165) is 11.3 Å². The maximum absolute atomic E-state index is 12.5. The van der Waals surface area contributed by atoms with Crippen molar-refractivity contribution in [3.8, 4) is 5.75 Å². The van der Waals surface area contributed by atoms with Crippen LogP contribution in [0.2, 0.25) is 0 Å². The predicted octanol–water partition coefficient (Wildman–Crippen LogP) is 1.68. The van der Waals surface area contributed by atoms with Gasteiger partial charge < -0.3 is 24.6 Å². The van der Waals surface area contributed by atoms with Crippen molar-refractivity contribution in [1.29, 1.82) is 0 Å². The molecular formula is C20H29N3O4. The Bertz CT molecular complexity index is 704. The molecule has 0 radical (unpaired) electrons. The van der Waals surface area contributed by atoms with Crippen molar-refractivity contribution in [3.05, 3.63) is 35.9 Å². The quantitative estimate of drug-likeness (QED) is 0.553. The standard InChI is InChI=1S/C20H29N3O4/c1-14(2)12-22(3)19(24)11-16-13-27-18-7-6-15(10-17(18)23(16)4)20(25)21-8-9-26-5/h6-7,10,16H,1,8-9,11-13H2,2-5H3,(H,21,25). The Morgan fingerprint density at radius 1 is 1.44 bits per heavy atom. The Hall–Kier alpha value is -2.54. The van der Waals surface area contributed by atoms with Gasteiger partial charge in [-0.25, -0.2) is 0 Å². The second-order valence-electron chi connectivity index (χ2n) is 6.92. The first-order valence-corrected chi connectivity index (χ1v) is 8.98. The van der Waals surface area contributed by atoms with Crippen LogP contribution in [-0.2, 0) is 9.53 Å². The van der Waals surface area contributed by atoms with Gasteiger partial charge in [-0.1, -0.05) is 12.2 Å². The van der Waals surface area contributed by atoms with Crippen LogP contribution in [0.25, 0.3) is 0 Å². The summed E-state index contributed by atoms with van der Waals surface area (Å²) >= 11 is 0. The van der Waals surface area contributed by atoms with E-state index in [1.165, 1.54) is 0 Å². The van der Waals surface area contributed by atoms with Crippen molar-refractivity contribution in [2.75, 3.05) is 52.4 Å². The fraction of sp³-hybridized carbons (Fsp3) is 0.500. The molecule has 1 N–H and O–H groups in total. The fourth-order valence-electron chi connectivity index (χ4n) is 2.97. The van der Waals surface area contributed by atoms with Gasteiger partial charge in [0, 0.05) is 39.9 Å². The third-order valence-corrected chi connectivity index (χ3v) is 4.51. The lowest BCUT2D eigenvalue weighted by Gasteiger charge is -2.36. The highest BCUT2D eigenvalue weighted by Gasteiger charge is 2.28. The summed E-state index contributed by atoms with van der Waals surface area (Å²) in [6, 6.07) is 5.24. The molecule has 1 unspecified atom stereocenters. The van der Waals surface area contributed by atoms with Gasteiger partial charge in [-0.3, -0.25) is 9.59 Å². The molecule has 1 aliphatic rings. The van der Waals surface area contributed by atoms with E-state index in [-0.39, 0.29) is 17.9 Å². The maximum Gasteiger partial charge on any atom is 0.251 e. The number of fused-ring (bicyclic) bond motifs is 1. The minimum atomic E-state index is -0.164. The van der Waals surface area contributed by atoms with Crippen molar-refractivity contribution < 1.29 is 19.1 Å². The first-order chi connectivity index (χ1) is 12.8. The molecule has 1 aliphatic heterocycles. The minimum Gasteiger partial charge on any atom is -0.489 e. The zero-order valence-corrected chi connectivity index (χ0v) is 16.6. The number of ether oxygens (including phenoxy) is 2. The molecule has 1 aromatic carbocycles. The van der Waals surface area contributed by atoms with Crippen LogP contribution in [0.5, 0.6) is 5.75 Å². The first-order valence-electron chi connectivity index (χ1n) is 8.98. The van der Waals surface area contributed by atoms with E-state index in [4.69, 9.17) is 9.47 Å². The van der Waals surface area contributed by atoms with Crippen molar-refractivity contribution >= 4 is 17.5 Å². The molecule has 0 aromatic heterocycles. The molecule has 0 aliphatic carbocycles. The summed E-state index contributed by atoms with van der Waals surface area (Å²) in [4.78, 5) is 28.4. The molecule has 7 heteroatoms. The topological polar surface area (TPSA) is 71.1 Å². The Balaban J connectivity index is 2.07. The van der Waals surface area contributed by atoms with E-state index >= 15 is 0 Å². The lowest BCUT2D eigenvalue weighted by molar-refractivity contribution is -0.130. The molecule has 2 rings (SSSR count). The van der Waals surface area contributed by atoms with E-state index in [9.17, 15) is 9.59 Å². The highest BCUT2D eigenvalue weighted by molar-refractivity contribution is 5.95. The van der Waals surface area contributed by atoms with Gasteiger partial charge >= 0.3 is 0 Å². The van der Waals surface area contributed by atoms with Crippen LogP contribution in [0.3, 0.4) is 0 Å². The third kappa shape index (κ3) is 5.47. The summed E-state index contributed by atoms with van der Waals surface area (Å²) < 4.78 is 10.8. The van der Waals surface area contributed by atoms with Crippen molar-refractivity contribution in [3.63, 3.8) is 0 Å². The summed E-state index contributed by atoms with van der Waals surface area (Å²) in [6.07, 6.45) is 0.337. The third-order valence-electron chi connectivity index (χ3n) is 4.51. The minimum absolute atomic E-state index is 0.0374. The molecule has 0 saturated heterocycles. The number of carbonyl (C=O) groups excluding carboxylic acids is 2. The molecule has 7 nitrogen and oxygen atoms in total.